The van der Waals surface area contributed by atoms with Gasteiger partial charge in [0.15, 0.2) is 5.75 Å². The Hall–Kier alpha value is -2.78. The smallest absolute Gasteiger partial charge is 0.257 e. The van der Waals surface area contributed by atoms with E-state index < -0.39 is 23.8 Å². The van der Waals surface area contributed by atoms with Gasteiger partial charge in [-0.3, -0.25) is 4.79 Å². The van der Waals surface area contributed by atoms with E-state index in [1.165, 1.54) is 19.1 Å². The number of ether oxygens (including phenoxy) is 2. The summed E-state index contributed by atoms with van der Waals surface area (Å²) in [6, 6.07) is 4.43. The summed E-state index contributed by atoms with van der Waals surface area (Å²) in [7, 11) is 0. The topological polar surface area (TPSA) is 92.7 Å². The number of hydrogen-bond donors (Lipinski definition) is 3. The molecule has 9 heteroatoms. The molecule has 1 aliphatic heterocycles. The molecule has 3 N–H and O–H groups in total. The zero-order chi connectivity index (χ0) is 29.2. The number of fused-ring (bicyclic) bond motifs is 1. The van der Waals surface area contributed by atoms with Crippen molar-refractivity contribution in [2.75, 3.05) is 6.54 Å². The van der Waals surface area contributed by atoms with Crippen LogP contribution in [-0.4, -0.2) is 46.4 Å². The van der Waals surface area contributed by atoms with Crippen molar-refractivity contribution in [2.45, 2.75) is 110 Å². The number of carbonyl (C=O) groups excluding carboxylic acids is 1. The van der Waals surface area contributed by atoms with Gasteiger partial charge in [-0.1, -0.05) is 20.8 Å². The van der Waals surface area contributed by atoms with Crippen molar-refractivity contribution in [1.29, 1.82) is 0 Å². The summed E-state index contributed by atoms with van der Waals surface area (Å²) in [5, 5.41) is 17.5. The van der Waals surface area contributed by atoms with Crippen LogP contribution in [0.5, 0.6) is 11.6 Å². The van der Waals surface area contributed by atoms with Gasteiger partial charge in [-0.15, -0.1) is 0 Å². The van der Waals surface area contributed by atoms with Gasteiger partial charge >= 0.3 is 0 Å². The summed E-state index contributed by atoms with van der Waals surface area (Å²) in [6.45, 7) is 11.9. The highest BCUT2D eigenvalue weighted by molar-refractivity contribution is 5.73. The van der Waals surface area contributed by atoms with E-state index in [4.69, 9.17) is 14.5 Å². The van der Waals surface area contributed by atoms with Crippen molar-refractivity contribution in [3.8, 4) is 11.6 Å². The van der Waals surface area contributed by atoms with Gasteiger partial charge in [0.1, 0.15) is 17.2 Å². The van der Waals surface area contributed by atoms with Crippen molar-refractivity contribution >= 4 is 5.91 Å². The first-order valence-corrected chi connectivity index (χ1v) is 14.2. The van der Waals surface area contributed by atoms with Crippen molar-refractivity contribution in [3.05, 3.63) is 52.7 Å². The second-order valence-electron chi connectivity index (χ2n) is 12.9. The van der Waals surface area contributed by atoms with Crippen LogP contribution in [-0.2, 0) is 17.6 Å². The molecule has 0 bridgehead atoms. The third-order valence-electron chi connectivity index (χ3n) is 7.42. The number of pyridine rings is 1. The van der Waals surface area contributed by atoms with Crippen LogP contribution in [0.1, 0.15) is 90.1 Å². The molecule has 4 rings (SSSR count). The molecular formula is C31H43F2N3O4. The zero-order valence-corrected chi connectivity index (χ0v) is 24.4. The highest BCUT2D eigenvalue weighted by atomic mass is 19.1. The van der Waals surface area contributed by atoms with Crippen molar-refractivity contribution in [3.63, 3.8) is 0 Å². The van der Waals surface area contributed by atoms with Crippen LogP contribution in [0.4, 0.5) is 8.78 Å². The fourth-order valence-corrected chi connectivity index (χ4v) is 5.61. The summed E-state index contributed by atoms with van der Waals surface area (Å²) in [5.41, 5.74) is 1.91. The molecule has 0 saturated heterocycles. The maximum absolute atomic E-state index is 13.8. The van der Waals surface area contributed by atoms with Crippen LogP contribution < -0.4 is 20.1 Å². The lowest BCUT2D eigenvalue weighted by molar-refractivity contribution is -0.120. The Balaban J connectivity index is 1.60. The summed E-state index contributed by atoms with van der Waals surface area (Å²) in [4.78, 5) is 16.8. The Labute approximate surface area is 236 Å². The molecule has 220 valence electrons. The number of halogens is 2. The number of aromatic nitrogens is 1. The van der Waals surface area contributed by atoms with Gasteiger partial charge in [0.2, 0.25) is 5.91 Å². The SMILES string of the molecule is CC(=O)N[C@@H](Cc1cc(F)cc(F)c1)[C@@H](O)CN[C@H]1CC2(CCC2)Oc2c1cc(CC(C)(C)C)nc2OC(C)C. The number of nitrogens with one attached hydrogen (secondary N) is 2. The van der Waals surface area contributed by atoms with Crippen LogP contribution >= 0.6 is 0 Å². The van der Waals surface area contributed by atoms with E-state index in [-0.39, 0.29) is 42.0 Å². The number of hydrogen-bond acceptors (Lipinski definition) is 6. The predicted molar refractivity (Wildman–Crippen MR) is 149 cm³/mol. The Bertz CT molecular complexity index is 1190. The summed E-state index contributed by atoms with van der Waals surface area (Å²) >= 11 is 0. The van der Waals surface area contributed by atoms with Gasteiger partial charge in [0.05, 0.1) is 18.2 Å². The number of aliphatic hydroxyl groups is 1. The molecule has 2 aliphatic rings. The lowest BCUT2D eigenvalue weighted by atomic mass is 9.73. The van der Waals surface area contributed by atoms with Crippen LogP contribution in [0.2, 0.25) is 0 Å². The van der Waals surface area contributed by atoms with E-state index in [9.17, 15) is 18.7 Å². The average molecular weight is 560 g/mol. The van der Waals surface area contributed by atoms with Crippen LogP contribution in [0.3, 0.4) is 0 Å². The number of nitrogens with zero attached hydrogens (tertiary/aromatic N) is 1. The maximum Gasteiger partial charge on any atom is 0.257 e. The number of aliphatic hydroxyl groups excluding tert-OH is 1. The summed E-state index contributed by atoms with van der Waals surface area (Å²) in [6.07, 6.45) is 3.41. The van der Waals surface area contributed by atoms with Gasteiger partial charge in [-0.25, -0.2) is 13.8 Å². The van der Waals surface area contributed by atoms with Crippen LogP contribution in [0.15, 0.2) is 24.3 Å². The monoisotopic (exact) mass is 559 g/mol. The molecule has 2 aromatic rings. The largest absolute Gasteiger partial charge is 0.481 e. The Morgan fingerprint density at radius 1 is 1.20 bits per heavy atom. The highest BCUT2D eigenvalue weighted by Crippen LogP contribution is 2.52. The number of benzene rings is 1. The Kier molecular flexibility index (Phi) is 9.05. The first-order valence-electron chi connectivity index (χ1n) is 14.2. The Morgan fingerprint density at radius 2 is 1.88 bits per heavy atom. The minimum Gasteiger partial charge on any atom is -0.481 e. The minimum atomic E-state index is -1.01. The molecular weight excluding hydrogens is 516 g/mol. The molecule has 2 heterocycles. The highest BCUT2D eigenvalue weighted by Gasteiger charge is 2.47. The van der Waals surface area contributed by atoms with E-state index in [1.807, 2.05) is 13.8 Å². The van der Waals surface area contributed by atoms with Crippen LogP contribution in [0.25, 0.3) is 0 Å². The van der Waals surface area contributed by atoms with Gasteiger partial charge in [-0.2, -0.15) is 0 Å². The first-order chi connectivity index (χ1) is 18.7. The third-order valence-corrected chi connectivity index (χ3v) is 7.42. The normalized spacial score (nSPS) is 19.4. The molecule has 0 unspecified atom stereocenters. The molecule has 40 heavy (non-hydrogen) atoms. The molecule has 7 nitrogen and oxygen atoms in total. The minimum absolute atomic E-state index is 0.0160. The molecule has 3 atom stereocenters. The first kappa shape index (κ1) is 30.2. The number of rotatable bonds is 10. The second kappa shape index (κ2) is 12.0. The molecule has 1 amide bonds. The second-order valence-corrected chi connectivity index (χ2v) is 12.9. The fraction of sp³-hybridized carbons (Fsp3) is 0.613. The lowest BCUT2D eigenvalue weighted by Gasteiger charge is -2.48. The number of carbonyl (C=O) groups is 1. The van der Waals surface area contributed by atoms with E-state index >= 15 is 0 Å². The molecule has 1 aromatic heterocycles. The average Bonchev–Trinajstić information content (AvgIpc) is 2.78. The van der Waals surface area contributed by atoms with Gasteiger partial charge < -0.3 is 25.2 Å². The predicted octanol–water partition coefficient (Wildman–Crippen LogP) is 5.18. The summed E-state index contributed by atoms with van der Waals surface area (Å²) in [5.74, 6) is -0.591. The molecule has 1 saturated carbocycles. The van der Waals surface area contributed by atoms with Gasteiger partial charge in [0.25, 0.3) is 5.88 Å². The molecule has 1 aromatic carbocycles. The van der Waals surface area contributed by atoms with E-state index in [0.717, 1.165) is 49.4 Å². The fourth-order valence-electron chi connectivity index (χ4n) is 5.61. The van der Waals surface area contributed by atoms with Crippen molar-refractivity contribution in [2.24, 2.45) is 5.41 Å². The maximum atomic E-state index is 13.8. The molecule has 1 spiro atoms. The molecule has 0 radical (unpaired) electrons. The van der Waals surface area contributed by atoms with E-state index in [0.29, 0.717) is 17.2 Å². The van der Waals surface area contributed by atoms with E-state index in [1.54, 1.807) is 0 Å². The van der Waals surface area contributed by atoms with Crippen LogP contribution in [0, 0.1) is 17.0 Å². The summed E-state index contributed by atoms with van der Waals surface area (Å²) < 4.78 is 40.3. The Morgan fingerprint density at radius 3 is 2.42 bits per heavy atom. The van der Waals surface area contributed by atoms with E-state index in [2.05, 4.69) is 37.5 Å². The van der Waals surface area contributed by atoms with Gasteiger partial charge in [0, 0.05) is 43.3 Å². The van der Waals surface area contributed by atoms with Crippen molar-refractivity contribution in [1.82, 2.24) is 15.6 Å². The standard InChI is InChI=1S/C31H43F2N3O4/c1-18(2)39-29-28-24(14-23(36-29)15-30(4,5)6)26(16-31(40-28)8-7-9-31)34-17-27(38)25(35-19(3)37)12-20-10-21(32)13-22(33)11-20/h10-11,13-14,18,25-27,34,38H,7-9,12,15-17H2,1-6H3,(H,35,37)/t25-,26-,27-/m0/s1. The third kappa shape index (κ3) is 7.69. The zero-order valence-electron chi connectivity index (χ0n) is 24.4. The lowest BCUT2D eigenvalue weighted by Crippen LogP contribution is -2.52. The molecule has 1 aliphatic carbocycles. The van der Waals surface area contributed by atoms with Gasteiger partial charge in [-0.05, 0) is 75.1 Å². The van der Waals surface area contributed by atoms with Crippen molar-refractivity contribution < 1.29 is 28.2 Å². The number of amides is 1. The molecule has 1 fully saturated rings. The quantitative estimate of drug-likeness (QED) is 0.372.